The zero-order chi connectivity index (χ0) is 18.0. The number of fused-ring (bicyclic) bond motifs is 1. The molecule has 25 heavy (non-hydrogen) atoms. The van der Waals surface area contributed by atoms with Crippen molar-refractivity contribution in [1.29, 1.82) is 0 Å². The summed E-state index contributed by atoms with van der Waals surface area (Å²) in [6.45, 7) is 0.533. The van der Waals surface area contributed by atoms with Crippen molar-refractivity contribution >= 4 is 33.0 Å². The zero-order valence-electron chi connectivity index (χ0n) is 13.2. The van der Waals surface area contributed by atoms with Gasteiger partial charge in [0.15, 0.2) is 9.84 Å². The molecule has 0 saturated carbocycles. The van der Waals surface area contributed by atoms with Gasteiger partial charge in [-0.2, -0.15) is 0 Å². The van der Waals surface area contributed by atoms with Crippen LogP contribution in [-0.2, 0) is 16.3 Å². The van der Waals surface area contributed by atoms with Crippen molar-refractivity contribution in [2.75, 3.05) is 17.6 Å². The van der Waals surface area contributed by atoms with Gasteiger partial charge in [0.25, 0.3) is 5.91 Å². The largest absolute Gasteiger partial charge is 0.384 e. The van der Waals surface area contributed by atoms with Crippen LogP contribution in [0, 0.1) is 5.92 Å². The first kappa shape index (κ1) is 17.7. The summed E-state index contributed by atoms with van der Waals surface area (Å²) in [4.78, 5) is 11.8. The summed E-state index contributed by atoms with van der Waals surface area (Å²) in [5, 5.41) is 12.4. The maximum Gasteiger partial charge on any atom is 0.274 e. The molecule has 3 N–H and O–H groups in total. The molecule has 0 saturated heterocycles. The lowest BCUT2D eigenvalue weighted by molar-refractivity contribution is 0.0706. The Kier molecular flexibility index (Phi) is 4.99. The molecule has 0 bridgehead atoms. The monoisotopic (exact) mass is 380 g/mol. The second kappa shape index (κ2) is 7.03. The minimum atomic E-state index is -3.43. The fraction of sp³-hybridized carbons (Fsp3) is 0.235. The quantitative estimate of drug-likeness (QED) is 0.559. The first-order valence-corrected chi connectivity index (χ1v) is 9.71. The van der Waals surface area contributed by atoms with E-state index in [4.69, 9.17) is 16.8 Å². The number of rotatable bonds is 4. The van der Waals surface area contributed by atoms with Crippen molar-refractivity contribution in [2.24, 2.45) is 5.92 Å². The molecule has 0 aromatic heterocycles. The second-order valence-corrected chi connectivity index (χ2v) is 8.47. The molecule has 0 spiro atoms. The highest BCUT2D eigenvalue weighted by molar-refractivity contribution is 7.91. The Labute approximate surface area is 150 Å². The Morgan fingerprint density at radius 2 is 1.96 bits per heavy atom. The van der Waals surface area contributed by atoms with Crippen LogP contribution in [0.1, 0.15) is 15.9 Å². The van der Waals surface area contributed by atoms with E-state index in [1.165, 1.54) is 12.1 Å². The summed E-state index contributed by atoms with van der Waals surface area (Å²) in [6, 6.07) is 11.1. The predicted molar refractivity (Wildman–Crippen MR) is 94.9 cm³/mol. The highest BCUT2D eigenvalue weighted by Crippen LogP contribution is 2.28. The minimum Gasteiger partial charge on any atom is -0.384 e. The molecule has 1 atom stereocenters. The van der Waals surface area contributed by atoms with Crippen LogP contribution in [0.4, 0.5) is 5.69 Å². The van der Waals surface area contributed by atoms with Crippen molar-refractivity contribution in [1.82, 2.24) is 5.48 Å². The molecular weight excluding hydrogens is 364 g/mol. The lowest BCUT2D eigenvalue weighted by atomic mass is 9.94. The molecule has 1 unspecified atom stereocenters. The van der Waals surface area contributed by atoms with E-state index in [9.17, 15) is 13.2 Å². The first-order chi connectivity index (χ1) is 11.9. The molecule has 1 aliphatic rings. The fourth-order valence-electron chi connectivity index (χ4n) is 2.94. The van der Waals surface area contributed by atoms with E-state index in [0.717, 1.165) is 11.3 Å². The number of amides is 1. The van der Waals surface area contributed by atoms with Crippen LogP contribution in [0.5, 0.6) is 0 Å². The predicted octanol–water partition coefficient (Wildman–Crippen LogP) is 2.52. The Hall–Kier alpha value is -2.09. The summed E-state index contributed by atoms with van der Waals surface area (Å²) in [7, 11) is -3.43. The van der Waals surface area contributed by atoms with Crippen molar-refractivity contribution in [2.45, 2.75) is 11.3 Å². The molecule has 8 heteroatoms. The van der Waals surface area contributed by atoms with E-state index < -0.39 is 15.7 Å². The SMILES string of the molecule is O=C(NO)c1ccc2c(c1)CC(CS(=O)(=O)c1ccc(Cl)cc1)CN2. The summed E-state index contributed by atoms with van der Waals surface area (Å²) in [5.41, 5.74) is 3.64. The Morgan fingerprint density at radius 3 is 2.64 bits per heavy atom. The Bertz CT molecular complexity index is 897. The molecule has 132 valence electrons. The maximum atomic E-state index is 12.6. The van der Waals surface area contributed by atoms with Gasteiger partial charge in [-0.1, -0.05) is 11.6 Å². The van der Waals surface area contributed by atoms with Gasteiger partial charge >= 0.3 is 0 Å². The average molecular weight is 381 g/mol. The van der Waals surface area contributed by atoms with Crippen LogP contribution < -0.4 is 10.8 Å². The number of nitrogens with one attached hydrogen (secondary N) is 2. The van der Waals surface area contributed by atoms with Crippen LogP contribution in [0.3, 0.4) is 0 Å². The highest BCUT2D eigenvalue weighted by atomic mass is 35.5. The number of sulfone groups is 1. The molecule has 2 aromatic carbocycles. The summed E-state index contributed by atoms with van der Waals surface area (Å²) >= 11 is 5.81. The lowest BCUT2D eigenvalue weighted by Gasteiger charge is -2.26. The van der Waals surface area contributed by atoms with Gasteiger partial charge in [-0.05, 0) is 60.4 Å². The Balaban J connectivity index is 1.78. The number of carbonyl (C=O) groups excluding carboxylic acids is 1. The molecule has 0 aliphatic carbocycles. The molecule has 0 fully saturated rings. The second-order valence-electron chi connectivity index (χ2n) is 6.00. The van der Waals surface area contributed by atoms with E-state index in [0.29, 0.717) is 23.6 Å². The number of hydroxylamine groups is 1. The molecule has 1 heterocycles. The first-order valence-electron chi connectivity index (χ1n) is 7.68. The van der Waals surface area contributed by atoms with E-state index >= 15 is 0 Å². The topological polar surface area (TPSA) is 95.5 Å². The molecule has 3 rings (SSSR count). The number of hydrogen-bond acceptors (Lipinski definition) is 5. The lowest BCUT2D eigenvalue weighted by Crippen LogP contribution is -2.30. The van der Waals surface area contributed by atoms with Gasteiger partial charge in [-0.3, -0.25) is 10.0 Å². The number of carbonyl (C=O) groups is 1. The normalized spacial score (nSPS) is 16.6. The van der Waals surface area contributed by atoms with Gasteiger partial charge in [-0.25, -0.2) is 13.9 Å². The zero-order valence-corrected chi connectivity index (χ0v) is 14.8. The number of anilines is 1. The molecule has 2 aromatic rings. The third-order valence-corrected chi connectivity index (χ3v) is 6.34. The van der Waals surface area contributed by atoms with E-state index in [-0.39, 0.29) is 16.6 Å². The van der Waals surface area contributed by atoms with Gasteiger partial charge in [0.05, 0.1) is 10.6 Å². The van der Waals surface area contributed by atoms with Gasteiger partial charge in [0.1, 0.15) is 0 Å². The van der Waals surface area contributed by atoms with Crippen LogP contribution >= 0.6 is 11.6 Å². The van der Waals surface area contributed by atoms with Crippen LogP contribution in [-0.4, -0.2) is 31.8 Å². The maximum absolute atomic E-state index is 12.6. The van der Waals surface area contributed by atoms with Crippen LogP contribution in [0.25, 0.3) is 0 Å². The third-order valence-electron chi connectivity index (χ3n) is 4.19. The number of halogens is 1. The van der Waals surface area contributed by atoms with Crippen molar-refractivity contribution in [3.63, 3.8) is 0 Å². The average Bonchev–Trinajstić information content (AvgIpc) is 2.60. The third kappa shape index (κ3) is 3.95. The van der Waals surface area contributed by atoms with Gasteiger partial charge in [-0.15, -0.1) is 0 Å². The molecular formula is C17H17ClN2O4S. The van der Waals surface area contributed by atoms with Crippen LogP contribution in [0.15, 0.2) is 47.4 Å². The smallest absolute Gasteiger partial charge is 0.274 e. The number of hydrogen-bond donors (Lipinski definition) is 3. The molecule has 1 aliphatic heterocycles. The fourth-order valence-corrected chi connectivity index (χ4v) is 4.67. The van der Waals surface area contributed by atoms with Crippen molar-refractivity contribution in [3.05, 3.63) is 58.6 Å². The summed E-state index contributed by atoms with van der Waals surface area (Å²) < 4.78 is 25.2. The van der Waals surface area contributed by atoms with Crippen molar-refractivity contribution < 1.29 is 18.4 Å². The number of benzene rings is 2. The minimum absolute atomic E-state index is 0.00248. The van der Waals surface area contributed by atoms with Crippen LogP contribution in [0.2, 0.25) is 5.02 Å². The highest BCUT2D eigenvalue weighted by Gasteiger charge is 2.26. The van der Waals surface area contributed by atoms with Crippen molar-refractivity contribution in [3.8, 4) is 0 Å². The van der Waals surface area contributed by atoms with E-state index in [1.54, 1.807) is 35.8 Å². The van der Waals surface area contributed by atoms with Gasteiger partial charge in [0.2, 0.25) is 0 Å². The van der Waals surface area contributed by atoms with Gasteiger partial charge < -0.3 is 5.32 Å². The Morgan fingerprint density at radius 1 is 1.24 bits per heavy atom. The standard InChI is InChI=1S/C17H17ClN2O4S/c18-14-2-4-15(5-3-14)25(23,24)10-11-7-13-8-12(17(21)20-22)1-6-16(13)19-9-11/h1-6,8,11,19,22H,7,9-10H2,(H,20,21). The van der Waals surface area contributed by atoms with E-state index in [1.807, 2.05) is 0 Å². The van der Waals surface area contributed by atoms with Gasteiger partial charge in [0, 0.05) is 22.8 Å². The molecule has 0 radical (unpaired) electrons. The molecule has 6 nitrogen and oxygen atoms in total. The van der Waals surface area contributed by atoms with E-state index in [2.05, 4.69) is 5.32 Å². The summed E-state index contributed by atoms with van der Waals surface area (Å²) in [6.07, 6.45) is 0.529. The molecule has 1 amide bonds. The summed E-state index contributed by atoms with van der Waals surface area (Å²) in [5.74, 6) is -0.725.